The van der Waals surface area contributed by atoms with Crippen LogP contribution in [0.4, 0.5) is 9.18 Å². The molecule has 0 heterocycles. The van der Waals surface area contributed by atoms with Crippen molar-refractivity contribution in [2.45, 2.75) is 13.1 Å². The molecule has 23 heavy (non-hydrogen) atoms. The maximum absolute atomic E-state index is 13.1. The van der Waals surface area contributed by atoms with Gasteiger partial charge in [0.1, 0.15) is 5.82 Å². The Morgan fingerprint density at radius 1 is 1.26 bits per heavy atom. The molecular formula is C17H15ClFN3O. The monoisotopic (exact) mass is 331 g/mol. The van der Waals surface area contributed by atoms with E-state index in [4.69, 9.17) is 16.9 Å². The van der Waals surface area contributed by atoms with Gasteiger partial charge in [0.05, 0.1) is 16.7 Å². The lowest BCUT2D eigenvalue weighted by atomic mass is 10.1. The smallest absolute Gasteiger partial charge is 0.317 e. The quantitative estimate of drug-likeness (QED) is 0.928. The molecule has 0 saturated heterocycles. The van der Waals surface area contributed by atoms with Crippen molar-refractivity contribution in [3.8, 4) is 6.07 Å². The maximum atomic E-state index is 13.1. The predicted molar refractivity (Wildman–Crippen MR) is 86.3 cm³/mol. The molecular weight excluding hydrogens is 317 g/mol. The summed E-state index contributed by atoms with van der Waals surface area (Å²) in [5, 5.41) is 11.5. The number of amides is 2. The largest absolute Gasteiger partial charge is 0.334 e. The van der Waals surface area contributed by atoms with Crippen LogP contribution in [-0.4, -0.2) is 18.0 Å². The lowest BCUT2D eigenvalue weighted by Gasteiger charge is -2.18. The molecule has 6 heteroatoms. The summed E-state index contributed by atoms with van der Waals surface area (Å²) in [6.45, 7) is 0.679. The van der Waals surface area contributed by atoms with Crippen molar-refractivity contribution < 1.29 is 9.18 Å². The molecule has 0 aliphatic carbocycles. The lowest BCUT2D eigenvalue weighted by molar-refractivity contribution is 0.206. The van der Waals surface area contributed by atoms with Gasteiger partial charge >= 0.3 is 6.03 Å². The lowest BCUT2D eigenvalue weighted by Crippen LogP contribution is -2.36. The molecule has 2 rings (SSSR count). The first-order chi connectivity index (χ1) is 11.0. The summed E-state index contributed by atoms with van der Waals surface area (Å²) < 4.78 is 13.1. The van der Waals surface area contributed by atoms with Crippen LogP contribution in [0.2, 0.25) is 5.02 Å². The van der Waals surface area contributed by atoms with Crippen molar-refractivity contribution in [1.29, 1.82) is 5.26 Å². The van der Waals surface area contributed by atoms with E-state index in [0.29, 0.717) is 12.1 Å². The van der Waals surface area contributed by atoms with Crippen LogP contribution in [0.25, 0.3) is 0 Å². The van der Waals surface area contributed by atoms with E-state index in [2.05, 4.69) is 5.32 Å². The van der Waals surface area contributed by atoms with Gasteiger partial charge in [-0.3, -0.25) is 0 Å². The van der Waals surface area contributed by atoms with E-state index in [9.17, 15) is 9.18 Å². The van der Waals surface area contributed by atoms with Gasteiger partial charge in [-0.2, -0.15) is 5.26 Å². The molecule has 2 aromatic rings. The highest BCUT2D eigenvalue weighted by Gasteiger charge is 2.09. The predicted octanol–water partition coefficient (Wildman–Crippen LogP) is 3.69. The molecule has 4 nitrogen and oxygen atoms in total. The summed E-state index contributed by atoms with van der Waals surface area (Å²) in [5.74, 6) is -0.486. The second-order valence-corrected chi connectivity index (χ2v) is 5.48. The Morgan fingerprint density at radius 2 is 1.91 bits per heavy atom. The van der Waals surface area contributed by atoms with Crippen molar-refractivity contribution in [3.63, 3.8) is 0 Å². The summed E-state index contributed by atoms with van der Waals surface area (Å²) in [7, 11) is 1.67. The van der Waals surface area contributed by atoms with Gasteiger partial charge in [-0.05, 0) is 35.4 Å². The summed E-state index contributed by atoms with van der Waals surface area (Å²) in [4.78, 5) is 13.6. The molecule has 0 aromatic heterocycles. The normalized spacial score (nSPS) is 10.0. The topological polar surface area (TPSA) is 56.1 Å². The molecule has 0 saturated carbocycles. The van der Waals surface area contributed by atoms with Gasteiger partial charge in [-0.15, -0.1) is 0 Å². The van der Waals surface area contributed by atoms with Crippen LogP contribution >= 0.6 is 11.6 Å². The number of hydrogen-bond acceptors (Lipinski definition) is 2. The molecule has 0 fully saturated rings. The molecule has 0 aliphatic heterocycles. The fourth-order valence-corrected chi connectivity index (χ4v) is 2.20. The van der Waals surface area contributed by atoms with Crippen LogP contribution in [0.1, 0.15) is 16.7 Å². The van der Waals surface area contributed by atoms with E-state index in [1.54, 1.807) is 25.2 Å². The molecule has 0 spiro atoms. The molecule has 0 aliphatic rings. The molecule has 2 amide bonds. The fraction of sp³-hybridized carbons (Fsp3) is 0.176. The van der Waals surface area contributed by atoms with E-state index < -0.39 is 5.82 Å². The Morgan fingerprint density at radius 3 is 2.52 bits per heavy atom. The number of hydrogen-bond donors (Lipinski definition) is 1. The average molecular weight is 332 g/mol. The summed E-state index contributed by atoms with van der Waals surface area (Å²) in [6.07, 6.45) is 0. The second kappa shape index (κ2) is 7.61. The number of halogens is 2. The van der Waals surface area contributed by atoms with E-state index >= 15 is 0 Å². The van der Waals surface area contributed by atoms with Crippen LogP contribution in [0, 0.1) is 17.1 Å². The molecule has 0 radical (unpaired) electrons. The zero-order valence-corrected chi connectivity index (χ0v) is 13.3. The third kappa shape index (κ3) is 4.70. The highest BCUT2D eigenvalue weighted by atomic mass is 35.5. The van der Waals surface area contributed by atoms with Crippen LogP contribution < -0.4 is 5.32 Å². The number of rotatable bonds is 4. The van der Waals surface area contributed by atoms with Gasteiger partial charge in [0, 0.05) is 20.1 Å². The van der Waals surface area contributed by atoms with E-state index in [0.717, 1.165) is 11.1 Å². The Bertz CT molecular complexity index is 740. The summed E-state index contributed by atoms with van der Waals surface area (Å²) in [6, 6.07) is 13.2. The Labute approximate surface area is 139 Å². The summed E-state index contributed by atoms with van der Waals surface area (Å²) in [5.41, 5.74) is 2.22. The Balaban J connectivity index is 1.89. The molecule has 1 N–H and O–H groups in total. The fourth-order valence-electron chi connectivity index (χ4n) is 1.99. The van der Waals surface area contributed by atoms with Gasteiger partial charge in [0.15, 0.2) is 0 Å². The highest BCUT2D eigenvalue weighted by Crippen LogP contribution is 2.16. The summed E-state index contributed by atoms with van der Waals surface area (Å²) >= 11 is 5.70. The van der Waals surface area contributed by atoms with Gasteiger partial charge in [-0.25, -0.2) is 9.18 Å². The SMILES string of the molecule is CN(Cc1ccc(C#N)cc1)C(=O)NCc1ccc(F)c(Cl)c1. The highest BCUT2D eigenvalue weighted by molar-refractivity contribution is 6.30. The minimum atomic E-state index is -0.486. The van der Waals surface area contributed by atoms with Gasteiger partial charge in [0.2, 0.25) is 0 Å². The van der Waals surface area contributed by atoms with Crippen LogP contribution in [0.3, 0.4) is 0 Å². The van der Waals surface area contributed by atoms with Crippen LogP contribution in [-0.2, 0) is 13.1 Å². The molecule has 0 atom stereocenters. The third-order valence-corrected chi connectivity index (χ3v) is 3.57. The van der Waals surface area contributed by atoms with E-state index in [1.165, 1.54) is 17.0 Å². The second-order valence-electron chi connectivity index (χ2n) is 5.07. The first-order valence-electron chi connectivity index (χ1n) is 6.91. The third-order valence-electron chi connectivity index (χ3n) is 3.28. The number of benzene rings is 2. The molecule has 118 valence electrons. The minimum absolute atomic E-state index is 0.0303. The van der Waals surface area contributed by atoms with Crippen LogP contribution in [0.15, 0.2) is 42.5 Å². The number of urea groups is 1. The van der Waals surface area contributed by atoms with Crippen molar-refractivity contribution in [3.05, 3.63) is 70.0 Å². The Hall–Kier alpha value is -2.58. The first-order valence-corrected chi connectivity index (χ1v) is 7.29. The van der Waals surface area contributed by atoms with Crippen LogP contribution in [0.5, 0.6) is 0 Å². The van der Waals surface area contributed by atoms with E-state index in [1.807, 2.05) is 18.2 Å². The minimum Gasteiger partial charge on any atom is -0.334 e. The van der Waals surface area contributed by atoms with E-state index in [-0.39, 0.29) is 17.6 Å². The molecule has 0 bridgehead atoms. The standard InChI is InChI=1S/C17H15ClFN3O/c1-22(11-13-4-2-12(9-20)3-5-13)17(23)21-10-14-6-7-16(19)15(18)8-14/h2-8H,10-11H2,1H3,(H,21,23). The van der Waals surface area contributed by atoms with Crippen molar-refractivity contribution in [1.82, 2.24) is 10.2 Å². The van der Waals surface area contributed by atoms with Gasteiger partial charge < -0.3 is 10.2 Å². The number of nitrogens with one attached hydrogen (secondary N) is 1. The molecule has 2 aromatic carbocycles. The maximum Gasteiger partial charge on any atom is 0.317 e. The van der Waals surface area contributed by atoms with Gasteiger partial charge in [-0.1, -0.05) is 29.8 Å². The molecule has 0 unspecified atom stereocenters. The van der Waals surface area contributed by atoms with Gasteiger partial charge in [0.25, 0.3) is 0 Å². The van der Waals surface area contributed by atoms with Crippen molar-refractivity contribution >= 4 is 17.6 Å². The van der Waals surface area contributed by atoms with Crippen molar-refractivity contribution in [2.75, 3.05) is 7.05 Å². The average Bonchev–Trinajstić information content (AvgIpc) is 2.56. The number of carbonyl (C=O) groups excluding carboxylic acids is 1. The first kappa shape index (κ1) is 16.8. The number of nitriles is 1. The number of nitrogens with zero attached hydrogens (tertiary/aromatic N) is 2. The zero-order chi connectivity index (χ0) is 16.8. The zero-order valence-electron chi connectivity index (χ0n) is 12.5. The Kier molecular flexibility index (Phi) is 5.56. The number of carbonyl (C=O) groups is 1. The van der Waals surface area contributed by atoms with Crippen molar-refractivity contribution in [2.24, 2.45) is 0 Å².